The standard InChI is InChI=1S/C21H20F6N6O3S/c22-20(23,24)17(35)32-15(28)11-4-6-12(7-5-11)30-19(36)33-8-2-1-3-13(33)9-29-16(34)14-10-37-18(31-14)21(25,26)27/h4-7,10,13H,1-3,8-9H2,(H,29,34)(H,30,36)(H2,28,32,35). The van der Waals surface area contributed by atoms with Crippen LogP contribution in [0.1, 0.15) is 40.3 Å². The highest BCUT2D eigenvalue weighted by Gasteiger charge is 2.39. The molecule has 4 N–H and O–H groups in total. The Morgan fingerprint density at radius 2 is 1.78 bits per heavy atom. The van der Waals surface area contributed by atoms with Crippen LogP contribution in [-0.4, -0.2) is 58.9 Å². The molecule has 0 bridgehead atoms. The molecule has 2 aromatic rings. The molecule has 1 saturated heterocycles. The SMILES string of the molecule is NC(=NC(=O)C(F)(F)F)c1ccc(NC(=O)N2CCCCC2CNC(=O)c2csc(C(F)(F)F)n2)cc1. The van der Waals surface area contributed by atoms with Gasteiger partial charge >= 0.3 is 24.3 Å². The Balaban J connectivity index is 1.60. The van der Waals surface area contributed by atoms with Crippen molar-refractivity contribution in [1.82, 2.24) is 15.2 Å². The molecule has 3 rings (SSSR count). The molecule has 200 valence electrons. The highest BCUT2D eigenvalue weighted by atomic mass is 32.1. The maximum atomic E-state index is 12.8. The Labute approximate surface area is 209 Å². The van der Waals surface area contributed by atoms with Gasteiger partial charge in [0.15, 0.2) is 5.01 Å². The molecule has 2 heterocycles. The van der Waals surface area contributed by atoms with Gasteiger partial charge in [0.25, 0.3) is 5.91 Å². The van der Waals surface area contributed by atoms with Crippen molar-refractivity contribution in [3.63, 3.8) is 0 Å². The minimum absolute atomic E-state index is 0.00962. The van der Waals surface area contributed by atoms with Crippen LogP contribution >= 0.6 is 11.3 Å². The van der Waals surface area contributed by atoms with Crippen molar-refractivity contribution in [3.05, 3.63) is 45.9 Å². The van der Waals surface area contributed by atoms with E-state index in [4.69, 9.17) is 5.73 Å². The molecule has 0 radical (unpaired) electrons. The highest BCUT2D eigenvalue weighted by Crippen LogP contribution is 2.31. The number of benzene rings is 1. The van der Waals surface area contributed by atoms with E-state index in [0.29, 0.717) is 30.7 Å². The smallest absolute Gasteiger partial charge is 0.383 e. The number of aromatic nitrogens is 1. The predicted molar refractivity (Wildman–Crippen MR) is 121 cm³/mol. The Hall–Kier alpha value is -3.69. The number of amidine groups is 1. The van der Waals surface area contributed by atoms with Crippen molar-refractivity contribution < 1.29 is 40.7 Å². The molecule has 0 spiro atoms. The predicted octanol–water partition coefficient (Wildman–Crippen LogP) is 3.77. The topological polar surface area (TPSA) is 130 Å². The van der Waals surface area contributed by atoms with Crippen molar-refractivity contribution in [2.75, 3.05) is 18.4 Å². The van der Waals surface area contributed by atoms with E-state index in [2.05, 4.69) is 20.6 Å². The quantitative estimate of drug-likeness (QED) is 0.297. The van der Waals surface area contributed by atoms with E-state index < -0.39 is 47.1 Å². The molecule has 16 heteroatoms. The fourth-order valence-electron chi connectivity index (χ4n) is 3.45. The first-order chi connectivity index (χ1) is 17.3. The second-order valence-corrected chi connectivity index (χ2v) is 8.75. The summed E-state index contributed by atoms with van der Waals surface area (Å²) in [6.45, 7) is 0.350. The number of thiazole rings is 1. The number of alkyl halides is 6. The third-order valence-electron chi connectivity index (χ3n) is 5.26. The van der Waals surface area contributed by atoms with Gasteiger partial charge in [0, 0.05) is 29.7 Å². The molecule has 9 nitrogen and oxygen atoms in total. The average Bonchev–Trinajstić information content (AvgIpc) is 3.34. The molecule has 1 fully saturated rings. The highest BCUT2D eigenvalue weighted by molar-refractivity contribution is 7.09. The van der Waals surface area contributed by atoms with Crippen LogP contribution in [0.5, 0.6) is 0 Å². The van der Waals surface area contributed by atoms with Crippen LogP contribution in [0.15, 0.2) is 34.6 Å². The molecule has 1 aliphatic heterocycles. The number of halogens is 6. The van der Waals surface area contributed by atoms with Crippen LogP contribution in [0, 0.1) is 0 Å². The van der Waals surface area contributed by atoms with Crippen LogP contribution in [0.25, 0.3) is 0 Å². The minimum atomic E-state index is -5.16. The van der Waals surface area contributed by atoms with Crippen LogP contribution in [0.2, 0.25) is 0 Å². The van der Waals surface area contributed by atoms with E-state index in [9.17, 15) is 40.7 Å². The molecule has 1 aromatic heterocycles. The molecule has 1 aliphatic rings. The van der Waals surface area contributed by atoms with Gasteiger partial charge in [-0.1, -0.05) is 0 Å². The lowest BCUT2D eigenvalue weighted by molar-refractivity contribution is -0.169. The normalized spacial score (nSPS) is 16.9. The summed E-state index contributed by atoms with van der Waals surface area (Å²) >= 11 is 0.306. The molecular weight excluding hydrogens is 530 g/mol. The molecule has 4 amide bonds. The lowest BCUT2D eigenvalue weighted by Gasteiger charge is -2.35. The summed E-state index contributed by atoms with van der Waals surface area (Å²) in [7, 11) is 0. The van der Waals surface area contributed by atoms with Crippen LogP contribution in [0.4, 0.5) is 36.8 Å². The maximum Gasteiger partial charge on any atom is 0.473 e. The third kappa shape index (κ3) is 7.41. The number of anilines is 1. The molecule has 1 atom stereocenters. The van der Waals surface area contributed by atoms with Crippen molar-refractivity contribution in [1.29, 1.82) is 0 Å². The van der Waals surface area contributed by atoms with Gasteiger partial charge in [0.2, 0.25) is 0 Å². The second-order valence-electron chi connectivity index (χ2n) is 7.90. The van der Waals surface area contributed by atoms with Gasteiger partial charge in [-0.2, -0.15) is 31.3 Å². The summed E-state index contributed by atoms with van der Waals surface area (Å²) in [5.41, 5.74) is 5.38. The number of hydrogen-bond donors (Lipinski definition) is 3. The van der Waals surface area contributed by atoms with Crippen molar-refractivity contribution in [2.24, 2.45) is 10.7 Å². The van der Waals surface area contributed by atoms with E-state index in [1.165, 1.54) is 29.2 Å². The van der Waals surface area contributed by atoms with Crippen molar-refractivity contribution in [2.45, 2.75) is 37.7 Å². The number of piperidine rings is 1. The average molecular weight is 550 g/mol. The van der Waals surface area contributed by atoms with Gasteiger partial charge in [-0.15, -0.1) is 11.3 Å². The van der Waals surface area contributed by atoms with Crippen molar-refractivity contribution >= 4 is 40.7 Å². The summed E-state index contributed by atoms with van der Waals surface area (Å²) in [6, 6.07) is 4.30. The first kappa shape index (κ1) is 27.9. The van der Waals surface area contributed by atoms with Gasteiger partial charge in [0.05, 0.1) is 6.04 Å². The Bertz CT molecular complexity index is 1180. The Kier molecular flexibility index (Phi) is 8.40. The summed E-state index contributed by atoms with van der Waals surface area (Å²) in [5.74, 6) is -3.78. The van der Waals surface area contributed by atoms with Gasteiger partial charge in [-0.3, -0.25) is 9.59 Å². The molecule has 37 heavy (non-hydrogen) atoms. The Morgan fingerprint density at radius 3 is 2.38 bits per heavy atom. The van der Waals surface area contributed by atoms with Crippen LogP contribution in [0.3, 0.4) is 0 Å². The molecule has 1 aromatic carbocycles. The number of rotatable bonds is 5. The fourth-order valence-corrected chi connectivity index (χ4v) is 4.11. The number of amides is 4. The largest absolute Gasteiger partial charge is 0.473 e. The number of nitrogens with zero attached hydrogens (tertiary/aromatic N) is 3. The molecular formula is C21H20F6N6O3S. The fraction of sp³-hybridized carbons (Fsp3) is 0.381. The minimum Gasteiger partial charge on any atom is -0.383 e. The zero-order valence-corrected chi connectivity index (χ0v) is 19.6. The third-order valence-corrected chi connectivity index (χ3v) is 6.15. The van der Waals surface area contributed by atoms with E-state index >= 15 is 0 Å². The summed E-state index contributed by atoms with van der Waals surface area (Å²) in [6.07, 6.45) is -7.81. The van der Waals surface area contributed by atoms with E-state index in [1.54, 1.807) is 0 Å². The number of hydrogen-bond acceptors (Lipinski definition) is 5. The summed E-state index contributed by atoms with van der Waals surface area (Å²) in [4.78, 5) is 43.6. The molecule has 1 unspecified atom stereocenters. The first-order valence-electron chi connectivity index (χ1n) is 10.7. The Morgan fingerprint density at radius 1 is 1.11 bits per heavy atom. The maximum absolute atomic E-state index is 12.8. The number of nitrogens with two attached hydrogens (primary N) is 1. The van der Waals surface area contributed by atoms with Gasteiger partial charge in [-0.05, 0) is 43.5 Å². The first-order valence-corrected chi connectivity index (χ1v) is 11.6. The number of aliphatic imine (C=N–C) groups is 1. The van der Waals surface area contributed by atoms with E-state index in [0.717, 1.165) is 11.8 Å². The lowest BCUT2D eigenvalue weighted by atomic mass is 10.0. The monoisotopic (exact) mass is 550 g/mol. The number of nitrogens with one attached hydrogen (secondary N) is 2. The lowest BCUT2D eigenvalue weighted by Crippen LogP contribution is -2.50. The molecule has 0 saturated carbocycles. The molecule has 0 aliphatic carbocycles. The van der Waals surface area contributed by atoms with Crippen LogP contribution in [-0.2, 0) is 11.0 Å². The summed E-state index contributed by atoms with van der Waals surface area (Å²) in [5, 5.41) is 5.00. The number of urea groups is 1. The zero-order chi connectivity index (χ0) is 27.4. The van der Waals surface area contributed by atoms with E-state index in [1.807, 2.05) is 0 Å². The van der Waals surface area contributed by atoms with Gasteiger partial charge < -0.3 is 21.3 Å². The van der Waals surface area contributed by atoms with Crippen LogP contribution < -0.4 is 16.4 Å². The van der Waals surface area contributed by atoms with Gasteiger partial charge in [-0.25, -0.2) is 9.78 Å². The second kappa shape index (κ2) is 11.1. The van der Waals surface area contributed by atoms with E-state index in [-0.39, 0.29) is 23.5 Å². The zero-order valence-electron chi connectivity index (χ0n) is 18.8. The number of likely N-dealkylation sites (tertiary alicyclic amines) is 1. The number of carbonyl (C=O) groups excluding carboxylic acids is 3. The van der Waals surface area contributed by atoms with Gasteiger partial charge in [0.1, 0.15) is 11.5 Å². The van der Waals surface area contributed by atoms with Crippen molar-refractivity contribution in [3.8, 4) is 0 Å². The summed E-state index contributed by atoms with van der Waals surface area (Å²) < 4.78 is 75.2. The number of carbonyl (C=O) groups is 3.